The highest BCUT2D eigenvalue weighted by molar-refractivity contribution is 4.82. The van der Waals surface area contributed by atoms with Crippen molar-refractivity contribution in [3.8, 4) is 0 Å². The molecule has 0 amide bonds. The molecule has 0 aromatic carbocycles. The number of likely N-dealkylation sites (tertiary alicyclic amines) is 1. The molecule has 2 nitrogen and oxygen atoms in total. The summed E-state index contributed by atoms with van der Waals surface area (Å²) in [4.78, 5) is 2.49. The number of nitrogens with two attached hydrogens (primary N) is 1. The summed E-state index contributed by atoms with van der Waals surface area (Å²) in [5.41, 5.74) is 6.15. The van der Waals surface area contributed by atoms with E-state index in [0.717, 1.165) is 12.5 Å². The van der Waals surface area contributed by atoms with E-state index in [0.29, 0.717) is 6.04 Å². The number of nitrogens with zero attached hydrogens (tertiary/aromatic N) is 1. The minimum atomic E-state index is 0.466. The lowest BCUT2D eigenvalue weighted by molar-refractivity contribution is 0.155. The molecule has 70 valence electrons. The second kappa shape index (κ2) is 3.75. The number of hydrogen-bond donors (Lipinski definition) is 1. The Balaban J connectivity index is 1.71. The van der Waals surface area contributed by atoms with E-state index in [2.05, 4.69) is 4.90 Å². The number of hydrogen-bond acceptors (Lipinski definition) is 2. The van der Waals surface area contributed by atoms with Gasteiger partial charge in [-0.25, -0.2) is 0 Å². The summed E-state index contributed by atoms with van der Waals surface area (Å²) in [6, 6.07) is 0.466. The summed E-state index contributed by atoms with van der Waals surface area (Å²) in [5.74, 6) is 0.839. The molecule has 0 radical (unpaired) electrons. The summed E-state index contributed by atoms with van der Waals surface area (Å²) in [6.07, 6.45) is 6.98. The second-order valence-electron chi connectivity index (χ2n) is 4.36. The Kier molecular flexibility index (Phi) is 2.66. The third-order valence-corrected chi connectivity index (χ3v) is 3.42. The van der Waals surface area contributed by atoms with Crippen LogP contribution in [-0.2, 0) is 0 Å². The van der Waals surface area contributed by atoms with Crippen LogP contribution in [0.15, 0.2) is 0 Å². The molecule has 2 heteroatoms. The van der Waals surface area contributed by atoms with E-state index in [1.807, 2.05) is 0 Å². The summed E-state index contributed by atoms with van der Waals surface area (Å²) < 4.78 is 0. The van der Waals surface area contributed by atoms with Gasteiger partial charge in [-0.3, -0.25) is 0 Å². The van der Waals surface area contributed by atoms with Crippen LogP contribution in [-0.4, -0.2) is 30.6 Å². The lowest BCUT2D eigenvalue weighted by Gasteiger charge is -2.34. The van der Waals surface area contributed by atoms with Crippen LogP contribution in [0.25, 0.3) is 0 Å². The SMILES string of the molecule is NC(CN1CCC1)C1CCCC1. The van der Waals surface area contributed by atoms with Gasteiger partial charge in [0.2, 0.25) is 0 Å². The van der Waals surface area contributed by atoms with E-state index < -0.39 is 0 Å². The van der Waals surface area contributed by atoms with Gasteiger partial charge in [0, 0.05) is 12.6 Å². The highest BCUT2D eigenvalue weighted by atomic mass is 15.2. The third kappa shape index (κ3) is 1.80. The maximum atomic E-state index is 6.15. The van der Waals surface area contributed by atoms with Crippen LogP contribution in [0, 0.1) is 5.92 Å². The van der Waals surface area contributed by atoms with Gasteiger partial charge >= 0.3 is 0 Å². The molecule has 12 heavy (non-hydrogen) atoms. The summed E-state index contributed by atoms with van der Waals surface area (Å²) >= 11 is 0. The van der Waals surface area contributed by atoms with Gasteiger partial charge in [0.15, 0.2) is 0 Å². The Bertz CT molecular complexity index is 137. The van der Waals surface area contributed by atoms with Crippen LogP contribution < -0.4 is 5.73 Å². The van der Waals surface area contributed by atoms with Crippen LogP contribution in [0.3, 0.4) is 0 Å². The fourth-order valence-corrected chi connectivity index (χ4v) is 2.40. The predicted molar refractivity (Wildman–Crippen MR) is 51.0 cm³/mol. The van der Waals surface area contributed by atoms with Crippen molar-refractivity contribution in [2.24, 2.45) is 11.7 Å². The minimum absolute atomic E-state index is 0.466. The molecule has 1 atom stereocenters. The fourth-order valence-electron chi connectivity index (χ4n) is 2.40. The van der Waals surface area contributed by atoms with E-state index >= 15 is 0 Å². The van der Waals surface area contributed by atoms with Gasteiger partial charge < -0.3 is 10.6 Å². The van der Waals surface area contributed by atoms with Crippen LogP contribution in [0.1, 0.15) is 32.1 Å². The van der Waals surface area contributed by atoms with Crippen molar-refractivity contribution in [3.63, 3.8) is 0 Å². The van der Waals surface area contributed by atoms with Gasteiger partial charge in [-0.05, 0) is 38.3 Å². The predicted octanol–water partition coefficient (Wildman–Crippen LogP) is 1.21. The highest BCUT2D eigenvalue weighted by Gasteiger charge is 2.25. The normalized spacial score (nSPS) is 28.8. The van der Waals surface area contributed by atoms with Gasteiger partial charge in [0.05, 0.1) is 0 Å². The lowest BCUT2D eigenvalue weighted by atomic mass is 9.97. The Labute approximate surface area is 75.1 Å². The van der Waals surface area contributed by atoms with Crippen LogP contribution in [0.2, 0.25) is 0 Å². The first kappa shape index (κ1) is 8.52. The zero-order chi connectivity index (χ0) is 8.39. The molecule has 1 heterocycles. The van der Waals surface area contributed by atoms with Crippen LogP contribution in [0.4, 0.5) is 0 Å². The van der Waals surface area contributed by atoms with Crippen molar-refractivity contribution in [1.29, 1.82) is 0 Å². The molecule has 1 aliphatic heterocycles. The van der Waals surface area contributed by atoms with Gasteiger partial charge in [-0.1, -0.05) is 12.8 Å². The van der Waals surface area contributed by atoms with E-state index in [-0.39, 0.29) is 0 Å². The van der Waals surface area contributed by atoms with Gasteiger partial charge in [0.1, 0.15) is 0 Å². The molecule has 1 saturated carbocycles. The molecule has 1 unspecified atom stereocenters. The van der Waals surface area contributed by atoms with E-state index in [1.54, 1.807) is 0 Å². The van der Waals surface area contributed by atoms with E-state index in [1.165, 1.54) is 45.2 Å². The molecule has 0 aromatic heterocycles. The smallest absolute Gasteiger partial charge is 0.0196 e. The van der Waals surface area contributed by atoms with Crippen LogP contribution >= 0.6 is 0 Å². The Morgan fingerprint density at radius 1 is 1.17 bits per heavy atom. The molecule has 2 N–H and O–H groups in total. The topological polar surface area (TPSA) is 29.3 Å². The molecule has 1 saturated heterocycles. The zero-order valence-electron chi connectivity index (χ0n) is 7.84. The first-order chi connectivity index (χ1) is 5.86. The zero-order valence-corrected chi connectivity index (χ0v) is 7.84. The van der Waals surface area contributed by atoms with Crippen molar-refractivity contribution < 1.29 is 0 Å². The lowest BCUT2D eigenvalue weighted by Crippen LogP contribution is -2.47. The number of rotatable bonds is 3. The Hall–Kier alpha value is -0.0800. The fraction of sp³-hybridized carbons (Fsp3) is 1.00. The third-order valence-electron chi connectivity index (χ3n) is 3.42. The molecule has 0 aromatic rings. The highest BCUT2D eigenvalue weighted by Crippen LogP contribution is 2.27. The summed E-state index contributed by atoms with van der Waals surface area (Å²) in [6.45, 7) is 3.74. The van der Waals surface area contributed by atoms with Crippen molar-refractivity contribution in [2.75, 3.05) is 19.6 Å². The molecule has 1 aliphatic carbocycles. The maximum Gasteiger partial charge on any atom is 0.0196 e. The monoisotopic (exact) mass is 168 g/mol. The molecule has 0 bridgehead atoms. The van der Waals surface area contributed by atoms with Crippen molar-refractivity contribution in [3.05, 3.63) is 0 Å². The molecular weight excluding hydrogens is 148 g/mol. The van der Waals surface area contributed by atoms with Gasteiger partial charge in [-0.15, -0.1) is 0 Å². The first-order valence-corrected chi connectivity index (χ1v) is 5.34. The standard InChI is InChI=1S/C10H20N2/c11-10(8-12-6-3-7-12)9-4-1-2-5-9/h9-10H,1-8,11H2. The Morgan fingerprint density at radius 3 is 2.33 bits per heavy atom. The Morgan fingerprint density at radius 2 is 1.83 bits per heavy atom. The molecule has 2 rings (SSSR count). The van der Waals surface area contributed by atoms with Gasteiger partial charge in [0.25, 0.3) is 0 Å². The molecular formula is C10H20N2. The molecule has 2 aliphatic rings. The second-order valence-corrected chi connectivity index (χ2v) is 4.36. The van der Waals surface area contributed by atoms with Crippen LogP contribution in [0.5, 0.6) is 0 Å². The average molecular weight is 168 g/mol. The average Bonchev–Trinajstić information content (AvgIpc) is 2.47. The van der Waals surface area contributed by atoms with Crippen molar-refractivity contribution in [1.82, 2.24) is 4.90 Å². The van der Waals surface area contributed by atoms with E-state index in [9.17, 15) is 0 Å². The first-order valence-electron chi connectivity index (χ1n) is 5.34. The largest absolute Gasteiger partial charge is 0.326 e. The quantitative estimate of drug-likeness (QED) is 0.686. The summed E-state index contributed by atoms with van der Waals surface area (Å²) in [7, 11) is 0. The summed E-state index contributed by atoms with van der Waals surface area (Å²) in [5, 5.41) is 0. The van der Waals surface area contributed by atoms with Crippen molar-refractivity contribution in [2.45, 2.75) is 38.1 Å². The molecule has 0 spiro atoms. The van der Waals surface area contributed by atoms with Gasteiger partial charge in [-0.2, -0.15) is 0 Å². The maximum absolute atomic E-state index is 6.15. The van der Waals surface area contributed by atoms with E-state index in [4.69, 9.17) is 5.73 Å². The minimum Gasteiger partial charge on any atom is -0.326 e. The van der Waals surface area contributed by atoms with Crippen molar-refractivity contribution >= 4 is 0 Å². The molecule has 2 fully saturated rings.